The Morgan fingerprint density at radius 1 is 1.05 bits per heavy atom. The van der Waals surface area contributed by atoms with Crippen LogP contribution in [0.4, 0.5) is 14.5 Å². The van der Waals surface area contributed by atoms with Crippen LogP contribution in [-0.2, 0) is 0 Å². The van der Waals surface area contributed by atoms with Crippen molar-refractivity contribution in [3.8, 4) is 11.5 Å². The number of ether oxygens (including phenoxy) is 2. The highest BCUT2D eigenvalue weighted by Crippen LogP contribution is 2.38. The Balaban J connectivity index is 1.86. The first-order valence-corrected chi connectivity index (χ1v) is 6.78. The molecular weight excluding hydrogens is 316 g/mol. The summed E-state index contributed by atoms with van der Waals surface area (Å²) in [7, 11) is 0. The number of rotatable bonds is 2. The number of carbonyl (C=O) groups excluding carboxylic acids is 1. The average Bonchev–Trinajstić information content (AvgIpc) is 2.50. The van der Waals surface area contributed by atoms with Gasteiger partial charge in [-0.25, -0.2) is 8.78 Å². The van der Waals surface area contributed by atoms with Gasteiger partial charge in [0.05, 0.1) is 10.7 Å². The van der Waals surface area contributed by atoms with Gasteiger partial charge in [0.1, 0.15) is 13.2 Å². The van der Waals surface area contributed by atoms with Crippen LogP contribution in [0.2, 0.25) is 5.02 Å². The largest absolute Gasteiger partial charge is 0.486 e. The minimum Gasteiger partial charge on any atom is -0.486 e. The molecule has 2 aromatic carbocycles. The molecule has 114 valence electrons. The van der Waals surface area contributed by atoms with Crippen LogP contribution in [0.1, 0.15) is 10.4 Å². The third-order valence-corrected chi connectivity index (χ3v) is 3.37. The van der Waals surface area contributed by atoms with Crippen LogP contribution in [0.15, 0.2) is 30.3 Å². The molecule has 3 rings (SSSR count). The Labute approximate surface area is 129 Å². The summed E-state index contributed by atoms with van der Waals surface area (Å²) >= 11 is 6.06. The summed E-state index contributed by atoms with van der Waals surface area (Å²) in [6.07, 6.45) is 0. The van der Waals surface area contributed by atoms with Gasteiger partial charge in [0.25, 0.3) is 5.91 Å². The number of anilines is 1. The molecule has 1 amide bonds. The normalized spacial score (nSPS) is 12.9. The molecule has 1 N–H and O–H groups in total. The van der Waals surface area contributed by atoms with Crippen molar-refractivity contribution in [3.63, 3.8) is 0 Å². The van der Waals surface area contributed by atoms with Crippen molar-refractivity contribution in [1.29, 1.82) is 0 Å². The molecule has 0 radical (unpaired) electrons. The van der Waals surface area contributed by atoms with E-state index in [2.05, 4.69) is 5.32 Å². The van der Waals surface area contributed by atoms with E-state index in [0.717, 1.165) is 12.1 Å². The highest BCUT2D eigenvalue weighted by atomic mass is 35.5. The van der Waals surface area contributed by atoms with Crippen molar-refractivity contribution in [2.24, 2.45) is 0 Å². The van der Waals surface area contributed by atoms with Gasteiger partial charge in [-0.2, -0.15) is 0 Å². The maximum absolute atomic E-state index is 13.2. The van der Waals surface area contributed by atoms with Crippen LogP contribution >= 0.6 is 11.6 Å². The number of carbonyl (C=O) groups is 1. The van der Waals surface area contributed by atoms with Crippen LogP contribution in [0.5, 0.6) is 11.5 Å². The van der Waals surface area contributed by atoms with Crippen LogP contribution < -0.4 is 14.8 Å². The zero-order valence-corrected chi connectivity index (χ0v) is 11.9. The van der Waals surface area contributed by atoms with Crippen molar-refractivity contribution in [1.82, 2.24) is 0 Å². The van der Waals surface area contributed by atoms with E-state index in [4.69, 9.17) is 21.1 Å². The summed E-state index contributed by atoms with van der Waals surface area (Å²) in [4.78, 5) is 12.1. The van der Waals surface area contributed by atoms with E-state index >= 15 is 0 Å². The second kappa shape index (κ2) is 5.81. The fourth-order valence-corrected chi connectivity index (χ4v) is 2.19. The van der Waals surface area contributed by atoms with Gasteiger partial charge in [-0.05, 0) is 18.2 Å². The molecule has 0 spiro atoms. The lowest BCUT2D eigenvalue weighted by Gasteiger charge is -2.20. The van der Waals surface area contributed by atoms with E-state index in [0.29, 0.717) is 30.4 Å². The molecule has 1 heterocycles. The summed E-state index contributed by atoms with van der Waals surface area (Å²) < 4.78 is 36.8. The average molecular weight is 326 g/mol. The van der Waals surface area contributed by atoms with Crippen LogP contribution in [-0.4, -0.2) is 19.1 Å². The topological polar surface area (TPSA) is 47.6 Å². The summed E-state index contributed by atoms with van der Waals surface area (Å²) in [6, 6.07) is 5.93. The van der Waals surface area contributed by atoms with Gasteiger partial charge in [0.2, 0.25) is 0 Å². The van der Waals surface area contributed by atoms with E-state index in [9.17, 15) is 13.6 Å². The van der Waals surface area contributed by atoms with E-state index < -0.39 is 17.5 Å². The van der Waals surface area contributed by atoms with Gasteiger partial charge in [-0.1, -0.05) is 11.6 Å². The Hall–Kier alpha value is -2.34. The number of amides is 1. The van der Waals surface area contributed by atoms with Crippen molar-refractivity contribution in [2.45, 2.75) is 0 Å². The van der Waals surface area contributed by atoms with Crippen LogP contribution in [0.3, 0.4) is 0 Å². The quantitative estimate of drug-likeness (QED) is 0.917. The van der Waals surface area contributed by atoms with Gasteiger partial charge < -0.3 is 14.8 Å². The third-order valence-electron chi connectivity index (χ3n) is 3.06. The molecular formula is C15H10ClF2NO3. The lowest BCUT2D eigenvalue weighted by atomic mass is 10.2. The van der Waals surface area contributed by atoms with E-state index in [1.54, 1.807) is 0 Å². The van der Waals surface area contributed by atoms with E-state index in [-0.39, 0.29) is 10.6 Å². The fraction of sp³-hybridized carbons (Fsp3) is 0.133. The smallest absolute Gasteiger partial charge is 0.255 e. The molecule has 0 saturated heterocycles. The SMILES string of the molecule is O=C(Nc1cc2c(cc1Cl)OCCO2)c1ccc(F)c(F)c1. The Morgan fingerprint density at radius 2 is 1.73 bits per heavy atom. The molecule has 22 heavy (non-hydrogen) atoms. The van der Waals surface area contributed by atoms with Crippen molar-refractivity contribution >= 4 is 23.2 Å². The monoisotopic (exact) mass is 325 g/mol. The molecule has 0 aliphatic carbocycles. The first kappa shape index (κ1) is 14.6. The standard InChI is InChI=1S/C15H10ClF2NO3/c16-9-6-13-14(22-4-3-21-13)7-12(9)19-15(20)8-1-2-10(17)11(18)5-8/h1-2,5-7H,3-4H2,(H,19,20). The second-order valence-electron chi connectivity index (χ2n) is 4.56. The van der Waals surface area contributed by atoms with Crippen molar-refractivity contribution < 1.29 is 23.0 Å². The van der Waals surface area contributed by atoms with Crippen LogP contribution in [0, 0.1) is 11.6 Å². The summed E-state index contributed by atoms with van der Waals surface area (Å²) in [5, 5.41) is 2.78. The molecule has 4 nitrogen and oxygen atoms in total. The highest BCUT2D eigenvalue weighted by Gasteiger charge is 2.17. The van der Waals surface area contributed by atoms with Gasteiger partial charge in [-0.3, -0.25) is 4.79 Å². The molecule has 0 atom stereocenters. The highest BCUT2D eigenvalue weighted by molar-refractivity contribution is 6.34. The van der Waals surface area contributed by atoms with Crippen LogP contribution in [0.25, 0.3) is 0 Å². The Morgan fingerprint density at radius 3 is 2.41 bits per heavy atom. The Bertz CT molecular complexity index is 752. The van der Waals surface area contributed by atoms with Crippen molar-refractivity contribution in [2.75, 3.05) is 18.5 Å². The number of benzene rings is 2. The summed E-state index contributed by atoms with van der Waals surface area (Å²) in [6.45, 7) is 0.815. The van der Waals surface area contributed by atoms with Gasteiger partial charge in [0, 0.05) is 17.7 Å². The molecule has 2 aromatic rings. The number of fused-ring (bicyclic) bond motifs is 1. The number of nitrogens with one attached hydrogen (secondary N) is 1. The van der Waals surface area contributed by atoms with E-state index in [1.165, 1.54) is 18.2 Å². The predicted octanol–water partition coefficient (Wildman–Crippen LogP) is 3.64. The molecule has 0 unspecified atom stereocenters. The fourth-order valence-electron chi connectivity index (χ4n) is 1.99. The van der Waals surface area contributed by atoms with Gasteiger partial charge in [0.15, 0.2) is 23.1 Å². The van der Waals surface area contributed by atoms with Crippen molar-refractivity contribution in [3.05, 3.63) is 52.6 Å². The minimum absolute atomic E-state index is 0.0233. The summed E-state index contributed by atoms with van der Waals surface area (Å²) in [5.41, 5.74) is 0.269. The molecule has 0 saturated carbocycles. The van der Waals surface area contributed by atoms with E-state index in [1.807, 2.05) is 0 Å². The maximum Gasteiger partial charge on any atom is 0.255 e. The first-order valence-electron chi connectivity index (χ1n) is 6.40. The molecule has 1 aliphatic rings. The number of hydrogen-bond donors (Lipinski definition) is 1. The molecule has 1 aliphatic heterocycles. The second-order valence-corrected chi connectivity index (χ2v) is 4.97. The molecule has 0 aromatic heterocycles. The van der Waals surface area contributed by atoms with Gasteiger partial charge >= 0.3 is 0 Å². The zero-order valence-electron chi connectivity index (χ0n) is 11.2. The lowest BCUT2D eigenvalue weighted by Crippen LogP contribution is -2.17. The third kappa shape index (κ3) is 2.82. The van der Waals surface area contributed by atoms with Gasteiger partial charge in [-0.15, -0.1) is 0 Å². The lowest BCUT2D eigenvalue weighted by molar-refractivity contribution is 0.102. The zero-order chi connectivity index (χ0) is 15.7. The summed E-state index contributed by atoms with van der Waals surface area (Å²) in [5.74, 6) is -1.79. The number of halogens is 3. The Kier molecular flexibility index (Phi) is 3.85. The predicted molar refractivity (Wildman–Crippen MR) is 76.8 cm³/mol. The molecule has 0 bridgehead atoms. The first-order chi connectivity index (χ1) is 10.5. The number of hydrogen-bond acceptors (Lipinski definition) is 3. The molecule has 7 heteroatoms. The molecule has 0 fully saturated rings. The minimum atomic E-state index is -1.10. The maximum atomic E-state index is 13.2.